The van der Waals surface area contributed by atoms with Crippen LogP contribution in [0.2, 0.25) is 10.0 Å². The lowest BCUT2D eigenvalue weighted by Crippen LogP contribution is -2.31. The standard InChI is InChI=1S/C15H13Cl2N3O3/c1-9(10-2-3-11(16)12(17)6-10)20-14(21)8-23-15(22)13-7-18-4-5-19-13/h2-7,9H,8H2,1H3,(H,20,21)/t9-/m0/s1. The first kappa shape index (κ1) is 17.2. The number of hydrogen-bond donors (Lipinski definition) is 1. The van der Waals surface area contributed by atoms with Crippen molar-refractivity contribution in [2.24, 2.45) is 0 Å². The number of hydrogen-bond acceptors (Lipinski definition) is 5. The number of esters is 1. The Hall–Kier alpha value is -2.18. The SMILES string of the molecule is C[C@H](NC(=O)COC(=O)c1cnccn1)c1ccc(Cl)c(Cl)c1. The molecule has 6 nitrogen and oxygen atoms in total. The number of amides is 1. The molecule has 0 fully saturated rings. The Balaban J connectivity index is 1.87. The van der Waals surface area contributed by atoms with E-state index < -0.39 is 18.5 Å². The summed E-state index contributed by atoms with van der Waals surface area (Å²) in [4.78, 5) is 31.0. The van der Waals surface area contributed by atoms with E-state index >= 15 is 0 Å². The molecule has 0 saturated heterocycles. The summed E-state index contributed by atoms with van der Waals surface area (Å²) in [6.45, 7) is 1.36. The molecule has 1 N–H and O–H groups in total. The Bertz CT molecular complexity index is 710. The molecular weight excluding hydrogens is 341 g/mol. The Morgan fingerprint density at radius 3 is 2.70 bits per heavy atom. The lowest BCUT2D eigenvalue weighted by Gasteiger charge is -2.15. The molecule has 8 heteroatoms. The highest BCUT2D eigenvalue weighted by Gasteiger charge is 2.14. The number of nitrogens with one attached hydrogen (secondary N) is 1. The van der Waals surface area contributed by atoms with Gasteiger partial charge in [0, 0.05) is 12.4 Å². The number of aromatic nitrogens is 2. The molecule has 23 heavy (non-hydrogen) atoms. The molecular formula is C15H13Cl2N3O3. The molecule has 0 saturated carbocycles. The van der Waals surface area contributed by atoms with E-state index in [9.17, 15) is 9.59 Å². The molecule has 1 aromatic carbocycles. The maximum atomic E-state index is 11.8. The average Bonchev–Trinajstić information content (AvgIpc) is 2.55. The lowest BCUT2D eigenvalue weighted by atomic mass is 10.1. The topological polar surface area (TPSA) is 81.2 Å². The van der Waals surface area contributed by atoms with E-state index in [0.29, 0.717) is 10.0 Å². The molecule has 120 valence electrons. The van der Waals surface area contributed by atoms with E-state index in [0.717, 1.165) is 5.56 Å². The van der Waals surface area contributed by atoms with E-state index in [2.05, 4.69) is 15.3 Å². The lowest BCUT2D eigenvalue weighted by molar-refractivity contribution is -0.124. The Labute approximate surface area is 142 Å². The van der Waals surface area contributed by atoms with Gasteiger partial charge in [-0.1, -0.05) is 29.3 Å². The number of nitrogens with zero attached hydrogens (tertiary/aromatic N) is 2. The van der Waals surface area contributed by atoms with Crippen molar-refractivity contribution in [1.82, 2.24) is 15.3 Å². The van der Waals surface area contributed by atoms with Gasteiger partial charge in [-0.2, -0.15) is 0 Å². The van der Waals surface area contributed by atoms with Crippen molar-refractivity contribution in [3.05, 3.63) is 58.1 Å². The quantitative estimate of drug-likeness (QED) is 0.835. The van der Waals surface area contributed by atoms with Gasteiger partial charge in [-0.15, -0.1) is 0 Å². The van der Waals surface area contributed by atoms with Gasteiger partial charge < -0.3 is 10.1 Å². The zero-order chi connectivity index (χ0) is 16.8. The number of rotatable bonds is 5. The van der Waals surface area contributed by atoms with Crippen molar-refractivity contribution in [2.45, 2.75) is 13.0 Å². The minimum Gasteiger partial charge on any atom is -0.451 e. The largest absolute Gasteiger partial charge is 0.451 e. The van der Waals surface area contributed by atoms with Crippen molar-refractivity contribution in [3.8, 4) is 0 Å². The number of benzene rings is 1. The fraction of sp³-hybridized carbons (Fsp3) is 0.200. The van der Waals surface area contributed by atoms with Crippen molar-refractivity contribution >= 4 is 35.1 Å². The number of carbonyl (C=O) groups excluding carboxylic acids is 2. The third-order valence-electron chi connectivity index (χ3n) is 2.93. The van der Waals surface area contributed by atoms with Crippen LogP contribution in [0.25, 0.3) is 0 Å². The Morgan fingerprint density at radius 1 is 1.26 bits per heavy atom. The normalized spacial score (nSPS) is 11.6. The summed E-state index contributed by atoms with van der Waals surface area (Å²) in [7, 11) is 0. The molecule has 0 aliphatic rings. The van der Waals surface area contributed by atoms with E-state index in [4.69, 9.17) is 27.9 Å². The summed E-state index contributed by atoms with van der Waals surface area (Å²) < 4.78 is 4.87. The summed E-state index contributed by atoms with van der Waals surface area (Å²) in [6, 6.07) is 4.76. The molecule has 1 aromatic heterocycles. The third-order valence-corrected chi connectivity index (χ3v) is 3.67. The fourth-order valence-corrected chi connectivity index (χ4v) is 2.06. The predicted molar refractivity (Wildman–Crippen MR) is 85.3 cm³/mol. The van der Waals surface area contributed by atoms with Crippen LogP contribution in [0.3, 0.4) is 0 Å². The van der Waals surface area contributed by atoms with Crippen LogP contribution in [0, 0.1) is 0 Å². The van der Waals surface area contributed by atoms with Crippen molar-refractivity contribution in [2.75, 3.05) is 6.61 Å². The van der Waals surface area contributed by atoms with Gasteiger partial charge in [0.15, 0.2) is 12.3 Å². The highest BCUT2D eigenvalue weighted by Crippen LogP contribution is 2.25. The molecule has 0 spiro atoms. The van der Waals surface area contributed by atoms with Gasteiger partial charge in [-0.3, -0.25) is 9.78 Å². The highest BCUT2D eigenvalue weighted by atomic mass is 35.5. The number of ether oxygens (including phenoxy) is 1. The smallest absolute Gasteiger partial charge is 0.359 e. The summed E-state index contributed by atoms with van der Waals surface area (Å²) in [5.74, 6) is -1.16. The molecule has 0 radical (unpaired) electrons. The molecule has 0 aliphatic heterocycles. The zero-order valence-corrected chi connectivity index (χ0v) is 13.6. The van der Waals surface area contributed by atoms with Gasteiger partial charge in [0.1, 0.15) is 0 Å². The molecule has 0 aliphatic carbocycles. The van der Waals surface area contributed by atoms with Crippen LogP contribution in [0.4, 0.5) is 0 Å². The number of carbonyl (C=O) groups is 2. The zero-order valence-electron chi connectivity index (χ0n) is 12.1. The van der Waals surface area contributed by atoms with Crippen LogP contribution in [0.1, 0.15) is 29.0 Å². The second kappa shape index (κ2) is 7.89. The molecule has 2 aromatic rings. The van der Waals surface area contributed by atoms with Gasteiger partial charge in [-0.25, -0.2) is 9.78 Å². The first-order valence-corrected chi connectivity index (χ1v) is 7.40. The molecule has 1 heterocycles. The maximum absolute atomic E-state index is 11.8. The molecule has 0 bridgehead atoms. The van der Waals surface area contributed by atoms with Gasteiger partial charge in [0.25, 0.3) is 5.91 Å². The minimum atomic E-state index is -0.713. The van der Waals surface area contributed by atoms with Gasteiger partial charge >= 0.3 is 5.97 Å². The van der Waals surface area contributed by atoms with Crippen LogP contribution in [-0.4, -0.2) is 28.5 Å². The second-order valence-electron chi connectivity index (χ2n) is 4.63. The van der Waals surface area contributed by atoms with Crippen molar-refractivity contribution in [3.63, 3.8) is 0 Å². The first-order valence-electron chi connectivity index (χ1n) is 6.65. The van der Waals surface area contributed by atoms with E-state index in [-0.39, 0.29) is 11.7 Å². The van der Waals surface area contributed by atoms with Crippen LogP contribution in [-0.2, 0) is 9.53 Å². The second-order valence-corrected chi connectivity index (χ2v) is 5.44. The van der Waals surface area contributed by atoms with Crippen LogP contribution in [0.15, 0.2) is 36.8 Å². The summed E-state index contributed by atoms with van der Waals surface area (Å²) >= 11 is 11.8. The molecule has 0 unspecified atom stereocenters. The summed E-state index contributed by atoms with van der Waals surface area (Å²) in [6.07, 6.45) is 4.06. The van der Waals surface area contributed by atoms with Crippen LogP contribution >= 0.6 is 23.2 Å². The predicted octanol–water partition coefficient (Wildman–Crippen LogP) is 2.82. The first-order chi connectivity index (χ1) is 11.0. The summed E-state index contributed by atoms with van der Waals surface area (Å²) in [5.41, 5.74) is 0.825. The van der Waals surface area contributed by atoms with Gasteiger partial charge in [-0.05, 0) is 24.6 Å². The maximum Gasteiger partial charge on any atom is 0.359 e. The van der Waals surface area contributed by atoms with E-state index in [1.165, 1.54) is 18.6 Å². The fourth-order valence-electron chi connectivity index (χ4n) is 1.76. The molecule has 1 amide bonds. The van der Waals surface area contributed by atoms with Crippen molar-refractivity contribution < 1.29 is 14.3 Å². The van der Waals surface area contributed by atoms with Gasteiger partial charge in [0.05, 0.1) is 22.3 Å². The Kier molecular flexibility index (Phi) is 5.90. The minimum absolute atomic E-state index is 0.0397. The third kappa shape index (κ3) is 4.91. The number of halogens is 2. The Morgan fingerprint density at radius 2 is 2.04 bits per heavy atom. The van der Waals surface area contributed by atoms with Crippen molar-refractivity contribution in [1.29, 1.82) is 0 Å². The molecule has 1 atom stereocenters. The average molecular weight is 354 g/mol. The van der Waals surface area contributed by atoms with Crippen LogP contribution in [0.5, 0.6) is 0 Å². The monoisotopic (exact) mass is 353 g/mol. The molecule has 2 rings (SSSR count). The summed E-state index contributed by atoms with van der Waals surface area (Å²) in [5, 5.41) is 3.53. The van der Waals surface area contributed by atoms with E-state index in [1.54, 1.807) is 25.1 Å². The van der Waals surface area contributed by atoms with Gasteiger partial charge in [0.2, 0.25) is 0 Å². The highest BCUT2D eigenvalue weighted by molar-refractivity contribution is 6.42. The van der Waals surface area contributed by atoms with Crippen LogP contribution < -0.4 is 5.32 Å². The van der Waals surface area contributed by atoms with E-state index in [1.807, 2.05) is 0 Å².